The molecule has 0 amide bonds. The molecule has 1 nitrogen and oxygen atoms in total. The molecule has 2 bridgehead atoms. The van der Waals surface area contributed by atoms with Crippen molar-refractivity contribution < 1.29 is 4.74 Å². The van der Waals surface area contributed by atoms with Crippen molar-refractivity contribution in [2.24, 2.45) is 22.7 Å². The maximum absolute atomic E-state index is 5.54. The summed E-state index contributed by atoms with van der Waals surface area (Å²) in [6, 6.07) is 8.31. The summed E-state index contributed by atoms with van der Waals surface area (Å²) in [5.74, 6) is 10.2. The van der Waals surface area contributed by atoms with Crippen molar-refractivity contribution in [3.8, 4) is 17.6 Å². The zero-order chi connectivity index (χ0) is 18.7. The summed E-state index contributed by atoms with van der Waals surface area (Å²) in [6.45, 7) is 5.12. The van der Waals surface area contributed by atoms with Crippen molar-refractivity contribution in [1.82, 2.24) is 0 Å². The number of fused-ring (bicyclic) bond motifs is 3. The van der Waals surface area contributed by atoms with Crippen LogP contribution >= 0.6 is 0 Å². The maximum atomic E-state index is 5.54. The van der Waals surface area contributed by atoms with E-state index in [0.29, 0.717) is 10.8 Å². The van der Waals surface area contributed by atoms with Crippen molar-refractivity contribution in [2.45, 2.75) is 84.5 Å². The molecule has 0 heterocycles. The molecule has 4 fully saturated rings. The average molecular weight is 365 g/mol. The lowest BCUT2D eigenvalue weighted by molar-refractivity contribution is -0.0376. The summed E-state index contributed by atoms with van der Waals surface area (Å²) in [7, 11) is 0. The van der Waals surface area contributed by atoms with Crippen LogP contribution < -0.4 is 4.74 Å². The number of ether oxygens (including phenoxy) is 1. The highest BCUT2D eigenvalue weighted by atomic mass is 16.5. The molecule has 0 radical (unpaired) electrons. The lowest BCUT2D eigenvalue weighted by atomic mass is 9.48. The number of rotatable bonds is 4. The second-order valence-corrected chi connectivity index (χ2v) is 9.48. The van der Waals surface area contributed by atoms with Gasteiger partial charge < -0.3 is 4.74 Å². The summed E-state index contributed by atoms with van der Waals surface area (Å²) in [5, 5.41) is 0. The van der Waals surface area contributed by atoms with Crippen molar-refractivity contribution >= 4 is 0 Å². The Morgan fingerprint density at radius 2 is 1.52 bits per heavy atom. The van der Waals surface area contributed by atoms with E-state index in [2.05, 4.69) is 30.9 Å². The van der Waals surface area contributed by atoms with Crippen molar-refractivity contribution in [2.75, 3.05) is 6.61 Å². The standard InChI is InChI=1S/C26H36O/c1-3-21-5-9-23(10-6-21)26-18-15-25(16-19-26,17-20-26)14-13-22-7-11-24(12-8-22)27-4-2/h7-8,11-12,21,23H,3-6,9-10,15-20H2,1-2H3. The van der Waals surface area contributed by atoms with E-state index in [-0.39, 0.29) is 0 Å². The van der Waals surface area contributed by atoms with Crippen molar-refractivity contribution in [3.63, 3.8) is 0 Å². The molecule has 1 heteroatoms. The zero-order valence-corrected chi connectivity index (χ0v) is 17.4. The maximum Gasteiger partial charge on any atom is 0.119 e. The minimum atomic E-state index is 0.307. The van der Waals surface area contributed by atoms with E-state index in [1.165, 1.54) is 70.6 Å². The summed E-state index contributed by atoms with van der Waals surface area (Å²) in [5.41, 5.74) is 2.12. The molecule has 1 aromatic rings. The Bertz CT molecular complexity index is 657. The fourth-order valence-electron chi connectivity index (χ4n) is 6.20. The Labute approximate surface area is 166 Å². The van der Waals surface area contributed by atoms with Gasteiger partial charge in [-0.25, -0.2) is 0 Å². The Balaban J connectivity index is 1.38. The number of hydrogen-bond donors (Lipinski definition) is 0. The largest absolute Gasteiger partial charge is 0.494 e. The Kier molecular flexibility index (Phi) is 5.54. The lowest BCUT2D eigenvalue weighted by Crippen LogP contribution is -2.45. The normalized spacial score (nSPS) is 35.3. The molecule has 0 atom stereocenters. The Morgan fingerprint density at radius 1 is 0.889 bits per heavy atom. The van der Waals surface area contributed by atoms with Gasteiger partial charge in [0.15, 0.2) is 0 Å². The highest BCUT2D eigenvalue weighted by Gasteiger charge is 2.51. The fourth-order valence-corrected chi connectivity index (χ4v) is 6.20. The van der Waals surface area contributed by atoms with Gasteiger partial charge in [-0.05, 0) is 99.8 Å². The molecule has 5 rings (SSSR count). The highest BCUT2D eigenvalue weighted by molar-refractivity contribution is 5.39. The van der Waals surface area contributed by atoms with Gasteiger partial charge in [-0.1, -0.05) is 38.0 Å². The summed E-state index contributed by atoms with van der Waals surface area (Å²) >= 11 is 0. The number of hydrogen-bond acceptors (Lipinski definition) is 1. The van der Waals surface area contributed by atoms with E-state index < -0.39 is 0 Å². The quantitative estimate of drug-likeness (QED) is 0.523. The third-order valence-electron chi connectivity index (χ3n) is 8.23. The van der Waals surface area contributed by atoms with Crippen LogP contribution in [0.5, 0.6) is 5.75 Å². The summed E-state index contributed by atoms with van der Waals surface area (Å²) in [4.78, 5) is 0. The second kappa shape index (κ2) is 7.90. The Morgan fingerprint density at radius 3 is 2.07 bits per heavy atom. The summed E-state index contributed by atoms with van der Waals surface area (Å²) in [6.07, 6.45) is 15.7. The molecule has 0 spiro atoms. The van der Waals surface area contributed by atoms with E-state index in [9.17, 15) is 0 Å². The third-order valence-corrected chi connectivity index (χ3v) is 8.23. The van der Waals surface area contributed by atoms with Gasteiger partial charge in [0.2, 0.25) is 0 Å². The van der Waals surface area contributed by atoms with Gasteiger partial charge in [0, 0.05) is 11.0 Å². The molecule has 0 saturated heterocycles. The molecule has 1 aromatic carbocycles. The molecule has 0 unspecified atom stereocenters. The molecule has 146 valence electrons. The van der Waals surface area contributed by atoms with Crippen molar-refractivity contribution in [3.05, 3.63) is 29.8 Å². The van der Waals surface area contributed by atoms with Gasteiger partial charge in [0.25, 0.3) is 0 Å². The highest BCUT2D eigenvalue weighted by Crippen LogP contribution is 2.62. The van der Waals surface area contributed by atoms with E-state index in [1.54, 1.807) is 0 Å². The summed E-state index contributed by atoms with van der Waals surface area (Å²) < 4.78 is 5.54. The third kappa shape index (κ3) is 3.91. The first-order chi connectivity index (χ1) is 13.2. The Hall–Kier alpha value is -1.42. The van der Waals surface area contributed by atoms with E-state index in [1.807, 2.05) is 19.1 Å². The second-order valence-electron chi connectivity index (χ2n) is 9.48. The zero-order valence-electron chi connectivity index (χ0n) is 17.4. The molecule has 4 aliphatic carbocycles. The smallest absolute Gasteiger partial charge is 0.119 e. The van der Waals surface area contributed by atoms with Crippen LogP contribution in [0.25, 0.3) is 0 Å². The predicted octanol–water partition coefficient (Wildman–Crippen LogP) is 6.99. The first kappa shape index (κ1) is 18.9. The van der Waals surface area contributed by atoms with E-state index in [0.717, 1.165) is 29.8 Å². The SMILES string of the molecule is CCOc1ccc(C#CC23CCC(C4CCC(CC)CC4)(CC2)CC3)cc1. The molecule has 0 aliphatic heterocycles. The van der Waals surface area contributed by atoms with Gasteiger partial charge in [-0.3, -0.25) is 0 Å². The molecule has 4 saturated carbocycles. The molecule has 4 aliphatic rings. The van der Waals surface area contributed by atoms with Gasteiger partial charge >= 0.3 is 0 Å². The van der Waals surface area contributed by atoms with Crippen LogP contribution in [0.2, 0.25) is 0 Å². The van der Waals surface area contributed by atoms with Crippen LogP contribution in [0.15, 0.2) is 24.3 Å². The first-order valence-electron chi connectivity index (χ1n) is 11.4. The average Bonchev–Trinajstić information content (AvgIpc) is 2.75. The predicted molar refractivity (Wildman–Crippen MR) is 113 cm³/mol. The topological polar surface area (TPSA) is 9.23 Å². The van der Waals surface area contributed by atoms with Crippen molar-refractivity contribution in [1.29, 1.82) is 0 Å². The van der Waals surface area contributed by atoms with Crippen LogP contribution in [0, 0.1) is 34.5 Å². The number of benzene rings is 1. The molecular formula is C26H36O. The molecule has 27 heavy (non-hydrogen) atoms. The van der Waals surface area contributed by atoms with Crippen LogP contribution in [0.4, 0.5) is 0 Å². The van der Waals surface area contributed by atoms with Crippen LogP contribution in [-0.4, -0.2) is 6.61 Å². The molecular weight excluding hydrogens is 328 g/mol. The van der Waals surface area contributed by atoms with Crippen LogP contribution in [0.3, 0.4) is 0 Å². The van der Waals surface area contributed by atoms with Gasteiger partial charge in [-0.2, -0.15) is 0 Å². The minimum Gasteiger partial charge on any atom is -0.494 e. The van der Waals surface area contributed by atoms with Gasteiger partial charge in [0.1, 0.15) is 5.75 Å². The fraction of sp³-hybridized carbons (Fsp3) is 0.692. The van der Waals surface area contributed by atoms with Gasteiger partial charge in [0.05, 0.1) is 6.61 Å². The van der Waals surface area contributed by atoms with E-state index in [4.69, 9.17) is 4.74 Å². The molecule has 0 aromatic heterocycles. The van der Waals surface area contributed by atoms with Gasteiger partial charge in [-0.15, -0.1) is 0 Å². The van der Waals surface area contributed by atoms with Crippen LogP contribution in [0.1, 0.15) is 90.0 Å². The van der Waals surface area contributed by atoms with E-state index >= 15 is 0 Å². The minimum absolute atomic E-state index is 0.307. The lowest BCUT2D eigenvalue weighted by Gasteiger charge is -2.56. The van der Waals surface area contributed by atoms with Crippen LogP contribution in [-0.2, 0) is 0 Å². The first-order valence-corrected chi connectivity index (χ1v) is 11.4. The monoisotopic (exact) mass is 364 g/mol. The molecule has 0 N–H and O–H groups in total.